The Morgan fingerprint density at radius 2 is 1.67 bits per heavy atom. The van der Waals surface area contributed by atoms with Crippen LogP contribution in [0.1, 0.15) is 31.2 Å². The van der Waals surface area contributed by atoms with Gasteiger partial charge in [0.05, 0.1) is 6.61 Å². The molecule has 0 aromatic heterocycles. The maximum atomic E-state index is 9.29. The number of anilines is 1. The van der Waals surface area contributed by atoms with Gasteiger partial charge in [-0.3, -0.25) is 0 Å². The third-order valence-electron chi connectivity index (χ3n) is 3.11. The summed E-state index contributed by atoms with van der Waals surface area (Å²) in [6.45, 7) is 2.42. The Labute approximate surface area is 91.5 Å². The average Bonchev–Trinajstić information content (AvgIpc) is 2.57. The highest BCUT2D eigenvalue weighted by atomic mass is 16.3. The Kier molecular flexibility index (Phi) is 3.62. The van der Waals surface area contributed by atoms with E-state index in [2.05, 4.69) is 17.0 Å². The second-order valence-corrected chi connectivity index (χ2v) is 4.19. The second kappa shape index (κ2) is 5.17. The molecule has 1 fully saturated rings. The number of benzene rings is 1. The molecule has 2 nitrogen and oxygen atoms in total. The molecule has 1 aromatic rings. The van der Waals surface area contributed by atoms with Crippen LogP contribution in [0.5, 0.6) is 0 Å². The van der Waals surface area contributed by atoms with Crippen LogP contribution >= 0.6 is 0 Å². The van der Waals surface area contributed by atoms with E-state index < -0.39 is 0 Å². The highest BCUT2D eigenvalue weighted by Gasteiger charge is 2.12. The lowest BCUT2D eigenvalue weighted by atomic mass is 10.1. The lowest BCUT2D eigenvalue weighted by Crippen LogP contribution is -2.24. The van der Waals surface area contributed by atoms with E-state index in [0.717, 1.165) is 18.7 Å². The number of rotatable bonds is 2. The molecule has 1 heterocycles. The van der Waals surface area contributed by atoms with Gasteiger partial charge in [-0.1, -0.05) is 31.0 Å². The van der Waals surface area contributed by atoms with Gasteiger partial charge in [0, 0.05) is 24.3 Å². The van der Waals surface area contributed by atoms with Gasteiger partial charge in [0.15, 0.2) is 0 Å². The van der Waals surface area contributed by atoms with Crippen LogP contribution in [-0.2, 0) is 6.61 Å². The first-order valence-electron chi connectivity index (χ1n) is 5.85. The molecule has 0 atom stereocenters. The standard InChI is InChI=1S/C13H19NO/c15-11-12-7-3-4-8-13(12)14-9-5-1-2-6-10-14/h3-4,7-8,15H,1-2,5-6,9-11H2. The third-order valence-corrected chi connectivity index (χ3v) is 3.11. The number of nitrogens with zero attached hydrogens (tertiary/aromatic N) is 1. The largest absolute Gasteiger partial charge is 0.392 e. The van der Waals surface area contributed by atoms with Crippen molar-refractivity contribution in [1.82, 2.24) is 0 Å². The van der Waals surface area contributed by atoms with Crippen molar-refractivity contribution in [3.63, 3.8) is 0 Å². The Hall–Kier alpha value is -1.02. The highest BCUT2D eigenvalue weighted by Crippen LogP contribution is 2.23. The number of para-hydroxylation sites is 1. The molecule has 0 saturated carbocycles. The summed E-state index contributed by atoms with van der Waals surface area (Å²) in [7, 11) is 0. The first kappa shape index (κ1) is 10.5. The molecule has 1 saturated heterocycles. The van der Waals surface area contributed by atoms with Gasteiger partial charge in [-0.15, -0.1) is 0 Å². The van der Waals surface area contributed by atoms with Crippen molar-refractivity contribution in [1.29, 1.82) is 0 Å². The Morgan fingerprint density at radius 1 is 1.00 bits per heavy atom. The van der Waals surface area contributed by atoms with E-state index in [1.807, 2.05) is 12.1 Å². The lowest BCUT2D eigenvalue weighted by Gasteiger charge is -2.24. The van der Waals surface area contributed by atoms with E-state index in [0.29, 0.717) is 0 Å². The minimum Gasteiger partial charge on any atom is -0.392 e. The summed E-state index contributed by atoms with van der Waals surface area (Å²) in [5, 5.41) is 9.29. The van der Waals surface area contributed by atoms with Crippen molar-refractivity contribution in [3.8, 4) is 0 Å². The molecule has 0 aliphatic carbocycles. The zero-order valence-electron chi connectivity index (χ0n) is 9.15. The lowest BCUT2D eigenvalue weighted by molar-refractivity contribution is 0.282. The van der Waals surface area contributed by atoms with Gasteiger partial charge in [-0.05, 0) is 18.9 Å². The predicted molar refractivity (Wildman–Crippen MR) is 63.0 cm³/mol. The van der Waals surface area contributed by atoms with Gasteiger partial charge < -0.3 is 10.0 Å². The molecule has 2 rings (SSSR count). The Balaban J connectivity index is 2.18. The Morgan fingerprint density at radius 3 is 2.33 bits per heavy atom. The van der Waals surface area contributed by atoms with Gasteiger partial charge in [0.1, 0.15) is 0 Å². The van der Waals surface area contributed by atoms with E-state index in [1.54, 1.807) is 0 Å². The van der Waals surface area contributed by atoms with Crippen LogP contribution in [0, 0.1) is 0 Å². The van der Waals surface area contributed by atoms with Crippen molar-refractivity contribution >= 4 is 5.69 Å². The first-order valence-corrected chi connectivity index (χ1v) is 5.85. The number of hydrogen-bond donors (Lipinski definition) is 1. The fraction of sp³-hybridized carbons (Fsp3) is 0.538. The zero-order chi connectivity index (χ0) is 10.5. The molecule has 0 spiro atoms. The minimum absolute atomic E-state index is 0.146. The van der Waals surface area contributed by atoms with Crippen LogP contribution in [0.2, 0.25) is 0 Å². The third kappa shape index (κ3) is 2.51. The summed E-state index contributed by atoms with van der Waals surface area (Å²) >= 11 is 0. The smallest absolute Gasteiger partial charge is 0.0702 e. The number of aliphatic hydroxyl groups is 1. The second-order valence-electron chi connectivity index (χ2n) is 4.19. The molecular weight excluding hydrogens is 186 g/mol. The summed E-state index contributed by atoms with van der Waals surface area (Å²) in [4.78, 5) is 2.42. The van der Waals surface area contributed by atoms with E-state index in [-0.39, 0.29) is 6.61 Å². The molecule has 1 N–H and O–H groups in total. The fourth-order valence-corrected chi connectivity index (χ4v) is 2.26. The van der Waals surface area contributed by atoms with Gasteiger partial charge in [0.2, 0.25) is 0 Å². The predicted octanol–water partition coefficient (Wildman–Crippen LogP) is 2.56. The van der Waals surface area contributed by atoms with Gasteiger partial charge in [0.25, 0.3) is 0 Å². The maximum absolute atomic E-state index is 9.29. The van der Waals surface area contributed by atoms with Crippen LogP contribution in [0.15, 0.2) is 24.3 Å². The number of aliphatic hydroxyl groups excluding tert-OH is 1. The molecule has 1 aliphatic rings. The maximum Gasteiger partial charge on any atom is 0.0702 e. The van der Waals surface area contributed by atoms with Crippen molar-refractivity contribution in [3.05, 3.63) is 29.8 Å². The van der Waals surface area contributed by atoms with E-state index in [1.165, 1.54) is 31.4 Å². The monoisotopic (exact) mass is 205 g/mol. The van der Waals surface area contributed by atoms with Gasteiger partial charge >= 0.3 is 0 Å². The van der Waals surface area contributed by atoms with E-state index >= 15 is 0 Å². The topological polar surface area (TPSA) is 23.5 Å². The zero-order valence-corrected chi connectivity index (χ0v) is 9.15. The molecule has 82 valence electrons. The SMILES string of the molecule is OCc1ccccc1N1CCCCCC1. The summed E-state index contributed by atoms with van der Waals surface area (Å²) in [5.74, 6) is 0. The average molecular weight is 205 g/mol. The van der Waals surface area contributed by atoms with Crippen molar-refractivity contribution in [2.45, 2.75) is 32.3 Å². The molecule has 0 amide bonds. The fourth-order valence-electron chi connectivity index (χ4n) is 2.26. The van der Waals surface area contributed by atoms with E-state index in [4.69, 9.17) is 0 Å². The van der Waals surface area contributed by atoms with Crippen LogP contribution < -0.4 is 4.90 Å². The normalized spacial score (nSPS) is 17.5. The summed E-state index contributed by atoms with van der Waals surface area (Å²) in [5.41, 5.74) is 2.28. The van der Waals surface area contributed by atoms with E-state index in [9.17, 15) is 5.11 Å². The molecule has 1 aromatic carbocycles. The van der Waals surface area contributed by atoms with Crippen molar-refractivity contribution < 1.29 is 5.11 Å². The molecule has 0 radical (unpaired) electrons. The summed E-state index contributed by atoms with van der Waals surface area (Å²) < 4.78 is 0. The van der Waals surface area contributed by atoms with Gasteiger partial charge in [-0.25, -0.2) is 0 Å². The minimum atomic E-state index is 0.146. The molecule has 0 bridgehead atoms. The molecule has 2 heteroatoms. The quantitative estimate of drug-likeness (QED) is 0.802. The summed E-state index contributed by atoms with van der Waals surface area (Å²) in [6, 6.07) is 8.18. The molecule has 0 unspecified atom stereocenters. The molecule has 1 aliphatic heterocycles. The van der Waals surface area contributed by atoms with Crippen LogP contribution in [0.25, 0.3) is 0 Å². The first-order chi connectivity index (χ1) is 7.42. The molecule has 15 heavy (non-hydrogen) atoms. The number of hydrogen-bond acceptors (Lipinski definition) is 2. The van der Waals surface area contributed by atoms with Crippen molar-refractivity contribution in [2.24, 2.45) is 0 Å². The van der Waals surface area contributed by atoms with Crippen LogP contribution in [0.4, 0.5) is 5.69 Å². The Bertz CT molecular complexity index is 303. The van der Waals surface area contributed by atoms with Gasteiger partial charge in [-0.2, -0.15) is 0 Å². The summed E-state index contributed by atoms with van der Waals surface area (Å²) in [6.07, 6.45) is 5.25. The van der Waals surface area contributed by atoms with Crippen LogP contribution in [-0.4, -0.2) is 18.2 Å². The van der Waals surface area contributed by atoms with Crippen LogP contribution in [0.3, 0.4) is 0 Å². The molecular formula is C13H19NO. The van der Waals surface area contributed by atoms with Crippen molar-refractivity contribution in [2.75, 3.05) is 18.0 Å². The highest BCUT2D eigenvalue weighted by molar-refractivity contribution is 5.53.